The van der Waals surface area contributed by atoms with Crippen molar-refractivity contribution in [3.63, 3.8) is 0 Å². The van der Waals surface area contributed by atoms with Gasteiger partial charge in [0, 0.05) is 0 Å². The molecule has 0 spiro atoms. The van der Waals surface area contributed by atoms with Crippen LogP contribution >= 0.6 is 11.3 Å². The molecule has 1 aliphatic heterocycles. The molecule has 1 atom stereocenters. The highest BCUT2D eigenvalue weighted by molar-refractivity contribution is 7.11. The lowest BCUT2D eigenvalue weighted by Gasteiger charge is -2.18. The number of thiophene rings is 1. The van der Waals surface area contributed by atoms with E-state index in [1.165, 1.54) is 11.3 Å². The Morgan fingerprint density at radius 2 is 2.60 bits per heavy atom. The molecule has 0 radical (unpaired) electrons. The predicted molar refractivity (Wildman–Crippen MR) is 57.8 cm³/mol. The number of rotatable bonds is 3. The minimum Gasteiger partial charge on any atom is -0.495 e. The summed E-state index contributed by atoms with van der Waals surface area (Å²) in [4.78, 5) is 12.1. The van der Waals surface area contributed by atoms with Gasteiger partial charge in [0.05, 0.1) is 6.26 Å². The van der Waals surface area contributed by atoms with Crippen molar-refractivity contribution in [2.75, 3.05) is 6.61 Å². The Morgan fingerprint density at radius 3 is 3.27 bits per heavy atom. The van der Waals surface area contributed by atoms with Gasteiger partial charge < -0.3 is 9.47 Å². The molecule has 0 aromatic carbocycles. The third kappa shape index (κ3) is 2.83. The van der Waals surface area contributed by atoms with E-state index in [1.54, 1.807) is 12.3 Å². The second-order valence-electron chi connectivity index (χ2n) is 3.28. The van der Waals surface area contributed by atoms with Gasteiger partial charge >= 0.3 is 5.97 Å². The van der Waals surface area contributed by atoms with Crippen LogP contribution < -0.4 is 0 Å². The summed E-state index contributed by atoms with van der Waals surface area (Å²) in [5.74, 6) is -0.261. The molecule has 0 saturated carbocycles. The van der Waals surface area contributed by atoms with Crippen molar-refractivity contribution < 1.29 is 14.3 Å². The second kappa shape index (κ2) is 4.98. The van der Waals surface area contributed by atoms with E-state index in [-0.39, 0.29) is 12.1 Å². The van der Waals surface area contributed by atoms with Gasteiger partial charge in [-0.2, -0.15) is 0 Å². The third-order valence-electron chi connectivity index (χ3n) is 2.15. The zero-order chi connectivity index (χ0) is 10.5. The van der Waals surface area contributed by atoms with Crippen LogP contribution in [0.15, 0.2) is 29.9 Å². The first-order valence-electron chi connectivity index (χ1n) is 4.87. The molecule has 0 saturated heterocycles. The molecule has 15 heavy (non-hydrogen) atoms. The van der Waals surface area contributed by atoms with E-state index in [2.05, 4.69) is 0 Å². The number of carbonyl (C=O) groups is 1. The second-order valence-corrected chi connectivity index (χ2v) is 4.23. The molecule has 2 heterocycles. The van der Waals surface area contributed by atoms with Crippen molar-refractivity contribution in [2.24, 2.45) is 0 Å². The number of ether oxygens (including phenoxy) is 2. The first-order chi connectivity index (χ1) is 7.36. The molecule has 0 N–H and O–H groups in total. The Kier molecular flexibility index (Phi) is 3.40. The lowest BCUT2D eigenvalue weighted by Crippen LogP contribution is -2.21. The van der Waals surface area contributed by atoms with Crippen LogP contribution in [0, 0.1) is 0 Å². The number of allylic oxidation sites excluding steroid dienone is 1. The van der Waals surface area contributed by atoms with E-state index in [0.717, 1.165) is 12.8 Å². The highest BCUT2D eigenvalue weighted by Crippen LogP contribution is 2.13. The van der Waals surface area contributed by atoms with Crippen LogP contribution in [0.1, 0.15) is 22.5 Å². The Bertz CT molecular complexity index is 343. The number of hydrogen-bond acceptors (Lipinski definition) is 4. The molecule has 3 nitrogen and oxygen atoms in total. The van der Waals surface area contributed by atoms with E-state index >= 15 is 0 Å². The molecule has 1 unspecified atom stereocenters. The summed E-state index contributed by atoms with van der Waals surface area (Å²) in [6, 6.07) is 3.59. The van der Waals surface area contributed by atoms with Crippen LogP contribution in [-0.2, 0) is 9.47 Å². The lowest BCUT2D eigenvalue weighted by molar-refractivity contribution is 0.0169. The molecule has 2 rings (SSSR count). The van der Waals surface area contributed by atoms with E-state index in [1.807, 2.05) is 17.5 Å². The molecule has 1 aromatic heterocycles. The van der Waals surface area contributed by atoms with Crippen molar-refractivity contribution in [1.29, 1.82) is 0 Å². The van der Waals surface area contributed by atoms with Crippen LogP contribution in [-0.4, -0.2) is 18.7 Å². The molecule has 0 fully saturated rings. The number of hydrogen-bond donors (Lipinski definition) is 0. The Balaban J connectivity index is 1.78. The summed E-state index contributed by atoms with van der Waals surface area (Å²) in [6.07, 6.45) is 5.55. The Morgan fingerprint density at radius 1 is 1.67 bits per heavy atom. The molecule has 1 aromatic rings. The maximum atomic E-state index is 11.5. The zero-order valence-corrected chi connectivity index (χ0v) is 9.03. The van der Waals surface area contributed by atoms with E-state index in [4.69, 9.17) is 9.47 Å². The monoisotopic (exact) mass is 224 g/mol. The number of carbonyl (C=O) groups excluding carboxylic acids is 1. The quantitative estimate of drug-likeness (QED) is 0.740. The van der Waals surface area contributed by atoms with Gasteiger partial charge in [0.25, 0.3) is 0 Å². The van der Waals surface area contributed by atoms with Gasteiger partial charge in [0.15, 0.2) is 0 Å². The van der Waals surface area contributed by atoms with Crippen LogP contribution in [0.2, 0.25) is 0 Å². The fourth-order valence-corrected chi connectivity index (χ4v) is 1.96. The summed E-state index contributed by atoms with van der Waals surface area (Å²) in [6.45, 7) is 0.334. The topological polar surface area (TPSA) is 35.5 Å². The molecule has 0 amide bonds. The normalized spacial score (nSPS) is 19.6. The van der Waals surface area contributed by atoms with Crippen LogP contribution in [0.4, 0.5) is 0 Å². The molecular weight excluding hydrogens is 212 g/mol. The average Bonchev–Trinajstić information content (AvgIpc) is 2.81. The van der Waals surface area contributed by atoms with E-state index < -0.39 is 0 Å². The van der Waals surface area contributed by atoms with Gasteiger partial charge in [-0.25, -0.2) is 4.79 Å². The fourth-order valence-electron chi connectivity index (χ4n) is 1.34. The van der Waals surface area contributed by atoms with Crippen molar-refractivity contribution in [3.8, 4) is 0 Å². The third-order valence-corrected chi connectivity index (χ3v) is 3.00. The fraction of sp³-hybridized carbons (Fsp3) is 0.364. The van der Waals surface area contributed by atoms with Crippen molar-refractivity contribution in [2.45, 2.75) is 18.9 Å². The highest BCUT2D eigenvalue weighted by atomic mass is 32.1. The predicted octanol–water partition coefficient (Wildman–Crippen LogP) is 2.60. The van der Waals surface area contributed by atoms with E-state index in [9.17, 15) is 4.79 Å². The van der Waals surface area contributed by atoms with Crippen molar-refractivity contribution >= 4 is 17.3 Å². The van der Waals surface area contributed by atoms with Gasteiger partial charge in [-0.1, -0.05) is 6.07 Å². The summed E-state index contributed by atoms with van der Waals surface area (Å²) in [5.41, 5.74) is 0. The van der Waals surface area contributed by atoms with Gasteiger partial charge in [-0.15, -0.1) is 11.3 Å². The van der Waals surface area contributed by atoms with Crippen LogP contribution in [0.5, 0.6) is 0 Å². The molecule has 80 valence electrons. The molecular formula is C11H12O3S. The average molecular weight is 224 g/mol. The molecule has 4 heteroatoms. The van der Waals surface area contributed by atoms with Gasteiger partial charge in [0.1, 0.15) is 17.6 Å². The van der Waals surface area contributed by atoms with Gasteiger partial charge in [-0.3, -0.25) is 0 Å². The summed E-state index contributed by atoms with van der Waals surface area (Å²) in [7, 11) is 0. The maximum absolute atomic E-state index is 11.5. The first kappa shape index (κ1) is 10.2. The Hall–Kier alpha value is -1.29. The number of esters is 1. The SMILES string of the molecule is O=C(OCC1CCC=CO1)c1cccs1. The smallest absolute Gasteiger partial charge is 0.348 e. The summed E-state index contributed by atoms with van der Waals surface area (Å²) >= 11 is 1.39. The lowest BCUT2D eigenvalue weighted by atomic mass is 10.2. The molecule has 0 bridgehead atoms. The van der Waals surface area contributed by atoms with Crippen molar-refractivity contribution in [1.82, 2.24) is 0 Å². The molecule has 1 aliphatic rings. The van der Waals surface area contributed by atoms with E-state index in [0.29, 0.717) is 11.5 Å². The summed E-state index contributed by atoms with van der Waals surface area (Å²) in [5, 5.41) is 1.86. The van der Waals surface area contributed by atoms with Gasteiger partial charge in [-0.05, 0) is 30.4 Å². The van der Waals surface area contributed by atoms with Crippen LogP contribution in [0.25, 0.3) is 0 Å². The zero-order valence-electron chi connectivity index (χ0n) is 8.22. The highest BCUT2D eigenvalue weighted by Gasteiger charge is 2.15. The standard InChI is InChI=1S/C11H12O3S/c12-11(10-5-3-7-15-10)14-8-9-4-1-2-6-13-9/h2-3,5-7,9H,1,4,8H2. The van der Waals surface area contributed by atoms with Crippen molar-refractivity contribution in [3.05, 3.63) is 34.7 Å². The first-order valence-corrected chi connectivity index (χ1v) is 5.75. The summed E-state index contributed by atoms with van der Waals surface area (Å²) < 4.78 is 10.4. The maximum Gasteiger partial charge on any atom is 0.348 e. The molecule has 0 aliphatic carbocycles. The largest absolute Gasteiger partial charge is 0.495 e. The minimum atomic E-state index is -0.261. The van der Waals surface area contributed by atoms with Crippen LogP contribution in [0.3, 0.4) is 0 Å². The minimum absolute atomic E-state index is 0.0129. The Labute approximate surface area is 92.3 Å². The van der Waals surface area contributed by atoms with Gasteiger partial charge in [0.2, 0.25) is 0 Å².